The normalized spacial score (nSPS) is 25.7. The first kappa shape index (κ1) is 10.6. The molecule has 0 amide bonds. The van der Waals surface area contributed by atoms with Crippen molar-refractivity contribution in [1.82, 2.24) is 5.32 Å². The van der Waals surface area contributed by atoms with E-state index in [-0.39, 0.29) is 11.4 Å². The molecule has 82 valence electrons. The zero-order chi connectivity index (χ0) is 10.7. The molecule has 2 heteroatoms. The van der Waals surface area contributed by atoms with E-state index in [0.29, 0.717) is 0 Å². The standard InChI is InChI=1S/C13H18FN/c1-2-8-13(9-5-10-15-13)11-6-3-4-7-12(11)14/h3-4,6-7,15H,2,5,8-10H2,1H3. The summed E-state index contributed by atoms with van der Waals surface area (Å²) in [4.78, 5) is 0. The second-order valence-corrected chi connectivity index (χ2v) is 4.34. The molecule has 1 heterocycles. The third kappa shape index (κ3) is 1.91. The molecule has 0 aliphatic carbocycles. The molecule has 0 spiro atoms. The van der Waals surface area contributed by atoms with Crippen molar-refractivity contribution in [3.63, 3.8) is 0 Å². The van der Waals surface area contributed by atoms with Crippen LogP contribution in [0.2, 0.25) is 0 Å². The Kier molecular flexibility index (Phi) is 3.06. The van der Waals surface area contributed by atoms with Crippen LogP contribution in [0.25, 0.3) is 0 Å². The summed E-state index contributed by atoms with van der Waals surface area (Å²) in [5, 5.41) is 3.49. The average Bonchev–Trinajstić information content (AvgIpc) is 2.69. The van der Waals surface area contributed by atoms with Crippen LogP contribution in [0.4, 0.5) is 4.39 Å². The van der Waals surface area contributed by atoms with Gasteiger partial charge >= 0.3 is 0 Å². The first-order chi connectivity index (χ1) is 7.28. The summed E-state index contributed by atoms with van der Waals surface area (Å²) in [6, 6.07) is 7.17. The van der Waals surface area contributed by atoms with E-state index in [1.807, 2.05) is 12.1 Å². The third-order valence-corrected chi connectivity index (χ3v) is 3.31. The van der Waals surface area contributed by atoms with Crippen LogP contribution in [0.1, 0.15) is 38.2 Å². The lowest BCUT2D eigenvalue weighted by atomic mass is 9.84. The number of benzene rings is 1. The van der Waals surface area contributed by atoms with Crippen molar-refractivity contribution in [2.45, 2.75) is 38.1 Å². The second kappa shape index (κ2) is 4.31. The molecule has 0 saturated carbocycles. The van der Waals surface area contributed by atoms with Gasteiger partial charge < -0.3 is 5.32 Å². The molecule has 1 fully saturated rings. The highest BCUT2D eigenvalue weighted by molar-refractivity contribution is 5.27. The molecule has 1 aliphatic rings. The van der Waals surface area contributed by atoms with Gasteiger partial charge in [0.2, 0.25) is 0 Å². The minimum Gasteiger partial charge on any atom is -0.307 e. The van der Waals surface area contributed by atoms with Crippen molar-refractivity contribution < 1.29 is 4.39 Å². The van der Waals surface area contributed by atoms with Gasteiger partial charge in [-0.15, -0.1) is 0 Å². The van der Waals surface area contributed by atoms with Crippen molar-refractivity contribution >= 4 is 0 Å². The van der Waals surface area contributed by atoms with E-state index in [1.54, 1.807) is 12.1 Å². The Balaban J connectivity index is 2.36. The van der Waals surface area contributed by atoms with E-state index in [4.69, 9.17) is 0 Å². The molecule has 1 aromatic rings. The van der Waals surface area contributed by atoms with Crippen molar-refractivity contribution in [3.05, 3.63) is 35.6 Å². The zero-order valence-corrected chi connectivity index (χ0v) is 9.22. The Bertz CT molecular complexity index is 329. The van der Waals surface area contributed by atoms with Gasteiger partial charge in [0.15, 0.2) is 0 Å². The lowest BCUT2D eigenvalue weighted by molar-refractivity contribution is 0.341. The Morgan fingerprint density at radius 3 is 2.80 bits per heavy atom. The van der Waals surface area contributed by atoms with Crippen LogP contribution in [0.3, 0.4) is 0 Å². The summed E-state index contributed by atoms with van der Waals surface area (Å²) in [6.45, 7) is 3.16. The van der Waals surface area contributed by atoms with Gasteiger partial charge in [-0.3, -0.25) is 0 Å². The molecule has 1 nitrogen and oxygen atoms in total. The third-order valence-electron chi connectivity index (χ3n) is 3.31. The number of nitrogens with one attached hydrogen (secondary N) is 1. The maximum Gasteiger partial charge on any atom is 0.128 e. The molecule has 0 radical (unpaired) electrons. The molecule has 1 unspecified atom stereocenters. The van der Waals surface area contributed by atoms with Gasteiger partial charge in [-0.1, -0.05) is 31.5 Å². The first-order valence-electron chi connectivity index (χ1n) is 5.78. The summed E-state index contributed by atoms with van der Waals surface area (Å²) in [6.07, 6.45) is 4.31. The Morgan fingerprint density at radius 2 is 2.20 bits per heavy atom. The van der Waals surface area contributed by atoms with E-state index in [2.05, 4.69) is 12.2 Å². The van der Waals surface area contributed by atoms with E-state index in [9.17, 15) is 4.39 Å². The van der Waals surface area contributed by atoms with Crippen molar-refractivity contribution in [2.24, 2.45) is 0 Å². The number of halogens is 1. The van der Waals surface area contributed by atoms with Gasteiger partial charge in [-0.25, -0.2) is 4.39 Å². The molecule has 2 rings (SSSR count). The molecule has 1 saturated heterocycles. The van der Waals surface area contributed by atoms with Gasteiger partial charge in [-0.05, 0) is 31.9 Å². The molecule has 1 atom stereocenters. The van der Waals surface area contributed by atoms with E-state index < -0.39 is 0 Å². The molecule has 0 aromatic heterocycles. The SMILES string of the molecule is CCCC1(c2ccccc2F)CCCN1. The van der Waals surface area contributed by atoms with E-state index >= 15 is 0 Å². The van der Waals surface area contributed by atoms with Crippen molar-refractivity contribution in [3.8, 4) is 0 Å². The van der Waals surface area contributed by atoms with Gasteiger partial charge in [0.1, 0.15) is 5.82 Å². The number of hydrogen-bond acceptors (Lipinski definition) is 1. The first-order valence-corrected chi connectivity index (χ1v) is 5.78. The molecule has 1 N–H and O–H groups in total. The summed E-state index contributed by atoms with van der Waals surface area (Å²) in [5.41, 5.74) is 0.754. The highest BCUT2D eigenvalue weighted by atomic mass is 19.1. The maximum atomic E-state index is 13.8. The molecular weight excluding hydrogens is 189 g/mol. The summed E-state index contributed by atoms with van der Waals surface area (Å²) < 4.78 is 13.8. The summed E-state index contributed by atoms with van der Waals surface area (Å²) in [5.74, 6) is -0.0691. The van der Waals surface area contributed by atoms with Crippen LogP contribution in [0, 0.1) is 5.82 Å². The number of rotatable bonds is 3. The molecule has 15 heavy (non-hydrogen) atoms. The van der Waals surface area contributed by atoms with Gasteiger partial charge in [0.25, 0.3) is 0 Å². The monoisotopic (exact) mass is 207 g/mol. The van der Waals surface area contributed by atoms with Crippen LogP contribution in [-0.2, 0) is 5.54 Å². The van der Waals surface area contributed by atoms with E-state index in [0.717, 1.165) is 37.8 Å². The van der Waals surface area contributed by atoms with Crippen molar-refractivity contribution in [1.29, 1.82) is 0 Å². The maximum absolute atomic E-state index is 13.8. The summed E-state index contributed by atoms with van der Waals surface area (Å²) >= 11 is 0. The lowest BCUT2D eigenvalue weighted by Gasteiger charge is -2.30. The van der Waals surface area contributed by atoms with Crippen molar-refractivity contribution in [2.75, 3.05) is 6.54 Å². The van der Waals surface area contributed by atoms with Crippen LogP contribution in [0.15, 0.2) is 24.3 Å². The molecule has 0 bridgehead atoms. The van der Waals surface area contributed by atoms with Crippen LogP contribution in [0.5, 0.6) is 0 Å². The predicted octanol–water partition coefficient (Wildman–Crippen LogP) is 3.20. The minimum atomic E-state index is -0.0971. The Hall–Kier alpha value is -0.890. The second-order valence-electron chi connectivity index (χ2n) is 4.34. The largest absolute Gasteiger partial charge is 0.307 e. The minimum absolute atomic E-state index is 0.0691. The average molecular weight is 207 g/mol. The summed E-state index contributed by atoms with van der Waals surface area (Å²) in [7, 11) is 0. The fourth-order valence-corrected chi connectivity index (χ4v) is 2.66. The number of hydrogen-bond donors (Lipinski definition) is 1. The lowest BCUT2D eigenvalue weighted by Crippen LogP contribution is -2.37. The predicted molar refractivity (Wildman–Crippen MR) is 60.2 cm³/mol. The van der Waals surface area contributed by atoms with Gasteiger partial charge in [0, 0.05) is 11.1 Å². The fraction of sp³-hybridized carbons (Fsp3) is 0.538. The topological polar surface area (TPSA) is 12.0 Å². The zero-order valence-electron chi connectivity index (χ0n) is 9.22. The fourth-order valence-electron chi connectivity index (χ4n) is 2.66. The quantitative estimate of drug-likeness (QED) is 0.802. The van der Waals surface area contributed by atoms with Gasteiger partial charge in [0.05, 0.1) is 0 Å². The molecule has 1 aromatic carbocycles. The van der Waals surface area contributed by atoms with Crippen LogP contribution >= 0.6 is 0 Å². The highest BCUT2D eigenvalue weighted by Gasteiger charge is 2.35. The van der Waals surface area contributed by atoms with Crippen LogP contribution in [-0.4, -0.2) is 6.54 Å². The Labute approximate surface area is 90.7 Å². The highest BCUT2D eigenvalue weighted by Crippen LogP contribution is 2.36. The van der Waals surface area contributed by atoms with E-state index in [1.165, 1.54) is 0 Å². The smallest absolute Gasteiger partial charge is 0.128 e. The Morgan fingerprint density at radius 1 is 1.40 bits per heavy atom. The van der Waals surface area contributed by atoms with Gasteiger partial charge in [-0.2, -0.15) is 0 Å². The molecular formula is C13H18FN. The molecule has 1 aliphatic heterocycles. The van der Waals surface area contributed by atoms with Crippen LogP contribution < -0.4 is 5.32 Å².